The average Bonchev–Trinajstić information content (AvgIpc) is 2.80. The van der Waals surface area contributed by atoms with Crippen LogP contribution in [0.5, 0.6) is 11.5 Å². The number of carbonyl (C=O) groups is 2. The summed E-state index contributed by atoms with van der Waals surface area (Å²) < 4.78 is 11.5. The average molecular weight is 522 g/mol. The molecular weight excluding hydrogens is 494 g/mol. The second-order valence-electron chi connectivity index (χ2n) is 7.35. The van der Waals surface area contributed by atoms with Gasteiger partial charge in [0.05, 0.1) is 12.0 Å². The summed E-state index contributed by atoms with van der Waals surface area (Å²) in [5.74, 6) is -0.373. The molecule has 0 bridgehead atoms. The third-order valence-electron chi connectivity index (χ3n) is 4.95. The highest BCUT2D eigenvalue weighted by Crippen LogP contribution is 2.30. The third kappa shape index (κ3) is 7.74. The van der Waals surface area contributed by atoms with Crippen LogP contribution >= 0.6 is 15.9 Å². The first kappa shape index (κ1) is 26.1. The molecule has 9 nitrogen and oxygen atoms in total. The maximum absolute atomic E-state index is 13.1. The molecule has 10 heteroatoms. The quantitative estimate of drug-likeness (QED) is 0.256. The Bertz CT molecular complexity index is 984. The molecule has 0 aliphatic rings. The van der Waals surface area contributed by atoms with Gasteiger partial charge in [0.15, 0.2) is 6.61 Å². The molecule has 0 saturated carbocycles. The summed E-state index contributed by atoms with van der Waals surface area (Å²) in [5.41, 5.74) is 0.646. The molecule has 0 aliphatic heterocycles. The molecule has 0 aliphatic carbocycles. The first-order valence-electron chi connectivity index (χ1n) is 10.5. The molecule has 1 atom stereocenters. The van der Waals surface area contributed by atoms with Crippen molar-refractivity contribution in [1.29, 1.82) is 0 Å². The summed E-state index contributed by atoms with van der Waals surface area (Å²) in [6, 6.07) is 10.8. The maximum Gasteiger partial charge on any atom is 0.311 e. The van der Waals surface area contributed by atoms with Gasteiger partial charge in [0.2, 0.25) is 11.7 Å². The summed E-state index contributed by atoms with van der Waals surface area (Å²) in [7, 11) is 1.32. The van der Waals surface area contributed by atoms with Gasteiger partial charge < -0.3 is 19.7 Å². The Kier molecular flexibility index (Phi) is 10.1. The first-order valence-corrected chi connectivity index (χ1v) is 11.3. The molecule has 2 aromatic carbocycles. The summed E-state index contributed by atoms with van der Waals surface area (Å²) in [6.45, 7) is 4.11. The molecule has 0 aromatic heterocycles. The zero-order valence-corrected chi connectivity index (χ0v) is 20.5. The van der Waals surface area contributed by atoms with Gasteiger partial charge in [-0.3, -0.25) is 19.7 Å². The van der Waals surface area contributed by atoms with Crippen molar-refractivity contribution in [2.75, 3.05) is 20.3 Å². The molecule has 0 radical (unpaired) electrons. The number of hydrogen-bond donors (Lipinski definition) is 1. The van der Waals surface area contributed by atoms with E-state index < -0.39 is 16.9 Å². The third-order valence-corrected chi connectivity index (χ3v) is 5.44. The van der Waals surface area contributed by atoms with Crippen LogP contribution in [-0.2, 0) is 16.1 Å². The molecule has 2 amide bonds. The van der Waals surface area contributed by atoms with Crippen LogP contribution in [0.1, 0.15) is 32.3 Å². The van der Waals surface area contributed by atoms with Gasteiger partial charge in [0, 0.05) is 29.7 Å². The van der Waals surface area contributed by atoms with E-state index in [2.05, 4.69) is 21.2 Å². The fourth-order valence-corrected chi connectivity index (χ4v) is 3.52. The minimum absolute atomic E-state index is 0.0274. The van der Waals surface area contributed by atoms with E-state index in [1.165, 1.54) is 30.2 Å². The van der Waals surface area contributed by atoms with E-state index in [1.807, 2.05) is 31.2 Å². The summed E-state index contributed by atoms with van der Waals surface area (Å²) in [6.07, 6.45) is 1.80. The Morgan fingerprint density at radius 3 is 2.64 bits per heavy atom. The van der Waals surface area contributed by atoms with Gasteiger partial charge >= 0.3 is 5.69 Å². The van der Waals surface area contributed by atoms with Crippen LogP contribution in [0.15, 0.2) is 46.9 Å². The number of amides is 2. The van der Waals surface area contributed by atoms with Crippen LogP contribution in [0.4, 0.5) is 5.69 Å². The van der Waals surface area contributed by atoms with Crippen LogP contribution in [0.25, 0.3) is 0 Å². The van der Waals surface area contributed by atoms with Gasteiger partial charge in [0.25, 0.3) is 5.91 Å². The van der Waals surface area contributed by atoms with Gasteiger partial charge in [-0.05, 0) is 37.1 Å². The number of hydrogen-bond acceptors (Lipinski definition) is 6. The SMILES string of the molecule is CCCCNC(=O)C(C)N(Cc1cccc(Br)c1)C(=O)COc1ccc([N+](=O)[O-])c(OC)c1. The van der Waals surface area contributed by atoms with Gasteiger partial charge in [-0.15, -0.1) is 0 Å². The second kappa shape index (κ2) is 12.8. The van der Waals surface area contributed by atoms with Crippen molar-refractivity contribution in [2.24, 2.45) is 0 Å². The number of nitro benzene ring substituents is 1. The Labute approximate surface area is 201 Å². The molecule has 2 rings (SSSR count). The number of methoxy groups -OCH3 is 1. The van der Waals surface area contributed by atoms with E-state index in [0.29, 0.717) is 6.54 Å². The van der Waals surface area contributed by atoms with Crippen LogP contribution < -0.4 is 14.8 Å². The Morgan fingerprint density at radius 2 is 2.00 bits per heavy atom. The molecular formula is C23H28BrN3O6. The smallest absolute Gasteiger partial charge is 0.311 e. The number of carbonyl (C=O) groups excluding carboxylic acids is 2. The van der Waals surface area contributed by atoms with Crippen molar-refractivity contribution in [3.8, 4) is 11.5 Å². The number of rotatable bonds is 12. The topological polar surface area (TPSA) is 111 Å². The lowest BCUT2D eigenvalue weighted by Gasteiger charge is -2.29. The molecule has 0 fully saturated rings. The number of halogens is 1. The van der Waals surface area contributed by atoms with Crippen molar-refractivity contribution < 1.29 is 24.0 Å². The highest BCUT2D eigenvalue weighted by molar-refractivity contribution is 9.10. The molecule has 1 unspecified atom stereocenters. The number of unbranched alkanes of at least 4 members (excludes halogenated alkanes) is 1. The Balaban J connectivity index is 2.16. The number of nitro groups is 1. The van der Waals surface area contributed by atoms with Crippen molar-refractivity contribution >= 4 is 33.4 Å². The molecule has 1 N–H and O–H groups in total. The largest absolute Gasteiger partial charge is 0.490 e. The highest BCUT2D eigenvalue weighted by Gasteiger charge is 2.26. The molecule has 2 aromatic rings. The Hall–Kier alpha value is -3.14. The maximum atomic E-state index is 13.1. The van der Waals surface area contributed by atoms with Gasteiger partial charge in [-0.2, -0.15) is 0 Å². The predicted molar refractivity (Wildman–Crippen MR) is 127 cm³/mol. The second-order valence-corrected chi connectivity index (χ2v) is 8.27. The minimum Gasteiger partial charge on any atom is -0.490 e. The zero-order valence-electron chi connectivity index (χ0n) is 18.9. The lowest BCUT2D eigenvalue weighted by atomic mass is 10.1. The summed E-state index contributed by atoms with van der Waals surface area (Å²) >= 11 is 3.42. The first-order chi connectivity index (χ1) is 15.8. The predicted octanol–water partition coefficient (Wildman–Crippen LogP) is 4.08. The van der Waals surface area contributed by atoms with E-state index >= 15 is 0 Å². The minimum atomic E-state index is -0.719. The highest BCUT2D eigenvalue weighted by atomic mass is 79.9. The number of nitrogens with zero attached hydrogens (tertiary/aromatic N) is 2. The summed E-state index contributed by atoms with van der Waals surface area (Å²) in [5, 5.41) is 13.9. The fraction of sp³-hybridized carbons (Fsp3) is 0.391. The van der Waals surface area contributed by atoms with Gasteiger partial charge in [-0.25, -0.2) is 0 Å². The molecule has 0 heterocycles. The zero-order chi connectivity index (χ0) is 24.4. The number of nitrogens with one attached hydrogen (secondary N) is 1. The van der Waals surface area contributed by atoms with Gasteiger partial charge in [0.1, 0.15) is 11.8 Å². The normalized spacial score (nSPS) is 11.4. The van der Waals surface area contributed by atoms with Crippen LogP contribution in [0.3, 0.4) is 0 Å². The van der Waals surface area contributed by atoms with E-state index in [9.17, 15) is 19.7 Å². The van der Waals surface area contributed by atoms with Gasteiger partial charge in [-0.1, -0.05) is 41.4 Å². The lowest BCUT2D eigenvalue weighted by Crippen LogP contribution is -2.49. The van der Waals surface area contributed by atoms with E-state index in [4.69, 9.17) is 9.47 Å². The molecule has 178 valence electrons. The lowest BCUT2D eigenvalue weighted by molar-refractivity contribution is -0.385. The van der Waals surface area contributed by atoms with E-state index in [1.54, 1.807) is 6.92 Å². The van der Waals surface area contributed by atoms with Crippen molar-refractivity contribution in [1.82, 2.24) is 10.2 Å². The van der Waals surface area contributed by atoms with Crippen molar-refractivity contribution in [3.05, 3.63) is 62.6 Å². The number of benzene rings is 2. The van der Waals surface area contributed by atoms with Crippen LogP contribution in [0.2, 0.25) is 0 Å². The molecule has 33 heavy (non-hydrogen) atoms. The van der Waals surface area contributed by atoms with Crippen LogP contribution in [-0.4, -0.2) is 47.9 Å². The standard InChI is InChI=1S/C23H28BrN3O6/c1-4-5-11-25-23(29)16(2)26(14-17-7-6-8-18(24)12-17)22(28)15-33-19-9-10-20(27(30)31)21(13-19)32-3/h6-10,12-13,16H,4-5,11,14-15H2,1-3H3,(H,25,29). The monoisotopic (exact) mass is 521 g/mol. The Morgan fingerprint density at radius 1 is 1.24 bits per heavy atom. The van der Waals surface area contributed by atoms with Crippen molar-refractivity contribution in [2.45, 2.75) is 39.3 Å². The summed E-state index contributed by atoms with van der Waals surface area (Å²) in [4.78, 5) is 37.7. The van der Waals surface area contributed by atoms with Crippen molar-refractivity contribution in [3.63, 3.8) is 0 Å². The molecule has 0 saturated heterocycles. The fourth-order valence-electron chi connectivity index (χ4n) is 3.08. The van der Waals surface area contributed by atoms with E-state index in [0.717, 1.165) is 22.9 Å². The van der Waals surface area contributed by atoms with Crippen LogP contribution in [0, 0.1) is 10.1 Å². The molecule has 0 spiro atoms. The van der Waals surface area contributed by atoms with E-state index in [-0.39, 0.29) is 36.2 Å². The number of ether oxygens (including phenoxy) is 2.